The van der Waals surface area contributed by atoms with E-state index in [1.54, 1.807) is 48.5 Å². The molecule has 0 aliphatic carbocycles. The Bertz CT molecular complexity index is 776. The molecule has 0 aliphatic rings. The summed E-state index contributed by atoms with van der Waals surface area (Å²) >= 11 is 11.9. The molecule has 0 heterocycles. The zero-order chi connectivity index (χ0) is 16.8. The Balaban J connectivity index is 2.06. The van der Waals surface area contributed by atoms with Crippen LogP contribution < -0.4 is 16.4 Å². The van der Waals surface area contributed by atoms with Crippen molar-refractivity contribution in [3.63, 3.8) is 0 Å². The zero-order valence-electron chi connectivity index (χ0n) is 11.8. The first kappa shape index (κ1) is 16.9. The Morgan fingerprint density at radius 1 is 1.00 bits per heavy atom. The van der Waals surface area contributed by atoms with Gasteiger partial charge in [-0.2, -0.15) is 0 Å². The van der Waals surface area contributed by atoms with Crippen LogP contribution in [0.3, 0.4) is 0 Å². The minimum absolute atomic E-state index is 0.350. The molecular formula is C16H13Cl2N3O2. The Labute approximate surface area is 143 Å². The van der Waals surface area contributed by atoms with Gasteiger partial charge in [0.1, 0.15) is 0 Å². The van der Waals surface area contributed by atoms with Crippen molar-refractivity contribution in [3.8, 4) is 0 Å². The van der Waals surface area contributed by atoms with Crippen LogP contribution in [0.2, 0.25) is 10.0 Å². The van der Waals surface area contributed by atoms with Gasteiger partial charge in [0, 0.05) is 27.5 Å². The van der Waals surface area contributed by atoms with Gasteiger partial charge in [-0.25, -0.2) is 4.79 Å². The predicted octanol–water partition coefficient (Wildman–Crippen LogP) is 4.14. The molecule has 2 aromatic rings. The van der Waals surface area contributed by atoms with Gasteiger partial charge < -0.3 is 16.4 Å². The van der Waals surface area contributed by atoms with Gasteiger partial charge >= 0.3 is 6.03 Å². The Kier molecular flexibility index (Phi) is 5.62. The van der Waals surface area contributed by atoms with Crippen LogP contribution in [0.25, 0.3) is 6.08 Å². The normalized spacial score (nSPS) is 10.5. The van der Waals surface area contributed by atoms with Crippen LogP contribution in [0.1, 0.15) is 5.56 Å². The number of rotatable bonds is 4. The Morgan fingerprint density at radius 2 is 1.70 bits per heavy atom. The second-order valence-electron chi connectivity index (χ2n) is 4.56. The molecule has 23 heavy (non-hydrogen) atoms. The fraction of sp³-hybridized carbons (Fsp3) is 0. The number of benzene rings is 2. The fourth-order valence-corrected chi connectivity index (χ4v) is 2.17. The molecule has 0 bridgehead atoms. The van der Waals surface area contributed by atoms with E-state index in [-0.39, 0.29) is 5.91 Å². The maximum atomic E-state index is 11.9. The van der Waals surface area contributed by atoms with Gasteiger partial charge in [0.05, 0.1) is 0 Å². The summed E-state index contributed by atoms with van der Waals surface area (Å²) in [5, 5.41) is 6.11. The number of urea groups is 1. The molecule has 0 unspecified atom stereocenters. The molecule has 0 aromatic heterocycles. The number of halogens is 2. The first-order valence-electron chi connectivity index (χ1n) is 6.54. The molecule has 0 spiro atoms. The highest BCUT2D eigenvalue weighted by atomic mass is 35.5. The summed E-state index contributed by atoms with van der Waals surface area (Å²) in [6.45, 7) is 0. The number of nitrogens with two attached hydrogens (primary N) is 1. The molecular weight excluding hydrogens is 337 g/mol. The maximum absolute atomic E-state index is 11.9. The first-order valence-corrected chi connectivity index (χ1v) is 7.30. The van der Waals surface area contributed by atoms with Crippen molar-refractivity contribution < 1.29 is 9.59 Å². The minimum Gasteiger partial charge on any atom is -0.351 e. The van der Waals surface area contributed by atoms with Crippen molar-refractivity contribution in [2.24, 2.45) is 5.73 Å². The highest BCUT2D eigenvalue weighted by Gasteiger charge is 2.02. The lowest BCUT2D eigenvalue weighted by atomic mass is 10.2. The van der Waals surface area contributed by atoms with Gasteiger partial charge in [-0.1, -0.05) is 29.3 Å². The van der Waals surface area contributed by atoms with Crippen LogP contribution in [0.5, 0.6) is 0 Å². The largest absolute Gasteiger partial charge is 0.351 e. The van der Waals surface area contributed by atoms with Crippen LogP contribution in [0.15, 0.2) is 48.5 Å². The van der Waals surface area contributed by atoms with Crippen LogP contribution >= 0.6 is 23.2 Å². The Hall–Kier alpha value is -2.50. The van der Waals surface area contributed by atoms with Gasteiger partial charge in [-0.15, -0.1) is 0 Å². The molecule has 4 N–H and O–H groups in total. The van der Waals surface area contributed by atoms with E-state index in [4.69, 9.17) is 28.9 Å². The van der Waals surface area contributed by atoms with E-state index in [0.717, 1.165) is 0 Å². The predicted molar refractivity (Wildman–Crippen MR) is 93.8 cm³/mol. The molecule has 7 heteroatoms. The molecule has 2 aromatic carbocycles. The summed E-state index contributed by atoms with van der Waals surface area (Å²) in [5.74, 6) is -0.350. The first-order chi connectivity index (χ1) is 10.9. The van der Waals surface area contributed by atoms with Crippen LogP contribution in [0.4, 0.5) is 16.2 Å². The lowest BCUT2D eigenvalue weighted by Crippen LogP contribution is -2.19. The minimum atomic E-state index is -0.677. The van der Waals surface area contributed by atoms with Crippen molar-refractivity contribution in [1.29, 1.82) is 0 Å². The molecule has 3 amide bonds. The lowest BCUT2D eigenvalue weighted by molar-refractivity contribution is -0.111. The van der Waals surface area contributed by atoms with E-state index >= 15 is 0 Å². The number of amides is 3. The second kappa shape index (κ2) is 7.67. The van der Waals surface area contributed by atoms with Crippen LogP contribution in [-0.4, -0.2) is 11.9 Å². The van der Waals surface area contributed by atoms with Crippen molar-refractivity contribution in [2.45, 2.75) is 0 Å². The van der Waals surface area contributed by atoms with Crippen molar-refractivity contribution >= 4 is 52.6 Å². The van der Waals surface area contributed by atoms with Crippen molar-refractivity contribution in [2.75, 3.05) is 10.6 Å². The quantitative estimate of drug-likeness (QED) is 0.724. The zero-order valence-corrected chi connectivity index (χ0v) is 13.4. The molecule has 2 rings (SSSR count). The number of carbonyl (C=O) groups excluding carboxylic acids is 2. The van der Waals surface area contributed by atoms with E-state index in [9.17, 15) is 9.59 Å². The topological polar surface area (TPSA) is 84.2 Å². The third-order valence-corrected chi connectivity index (χ3v) is 3.35. The van der Waals surface area contributed by atoms with E-state index in [2.05, 4.69) is 10.6 Å². The Morgan fingerprint density at radius 3 is 2.39 bits per heavy atom. The molecule has 118 valence electrons. The van der Waals surface area contributed by atoms with E-state index < -0.39 is 6.03 Å². The number of hydrogen-bond donors (Lipinski definition) is 3. The number of primary amides is 1. The SMILES string of the molecule is NC(=O)Nc1cccc(NC(=O)/C=C/c2cc(Cl)ccc2Cl)c1. The summed E-state index contributed by atoms with van der Waals surface area (Å²) < 4.78 is 0. The summed E-state index contributed by atoms with van der Waals surface area (Å²) in [5.41, 5.74) is 6.68. The molecule has 0 aliphatic heterocycles. The van der Waals surface area contributed by atoms with E-state index in [1.807, 2.05) is 0 Å². The van der Waals surface area contributed by atoms with Gasteiger partial charge in [-0.3, -0.25) is 4.79 Å². The average Bonchev–Trinajstić information content (AvgIpc) is 2.48. The lowest BCUT2D eigenvalue weighted by Gasteiger charge is -2.06. The number of nitrogens with one attached hydrogen (secondary N) is 2. The van der Waals surface area contributed by atoms with Gasteiger partial charge in [0.15, 0.2) is 0 Å². The summed E-state index contributed by atoms with van der Waals surface area (Å²) in [6.07, 6.45) is 2.90. The van der Waals surface area contributed by atoms with Crippen molar-refractivity contribution in [1.82, 2.24) is 0 Å². The summed E-state index contributed by atoms with van der Waals surface area (Å²) in [4.78, 5) is 22.7. The average molecular weight is 350 g/mol. The molecule has 0 fully saturated rings. The summed E-state index contributed by atoms with van der Waals surface area (Å²) in [7, 11) is 0. The third kappa shape index (κ3) is 5.32. The van der Waals surface area contributed by atoms with Gasteiger partial charge in [0.2, 0.25) is 5.91 Å². The highest BCUT2D eigenvalue weighted by Crippen LogP contribution is 2.22. The van der Waals surface area contributed by atoms with Crippen molar-refractivity contribution in [3.05, 3.63) is 64.1 Å². The maximum Gasteiger partial charge on any atom is 0.316 e. The van der Waals surface area contributed by atoms with Crippen LogP contribution in [0, 0.1) is 0 Å². The molecule has 0 saturated carbocycles. The molecule has 0 saturated heterocycles. The van der Waals surface area contributed by atoms with Gasteiger partial charge in [0.25, 0.3) is 0 Å². The molecule has 0 radical (unpaired) electrons. The smallest absolute Gasteiger partial charge is 0.316 e. The van der Waals surface area contributed by atoms with Gasteiger partial charge in [-0.05, 0) is 48.0 Å². The standard InChI is InChI=1S/C16H13Cl2N3O2/c17-11-5-6-14(18)10(8-11)4-7-15(22)20-12-2-1-3-13(9-12)21-16(19)23/h1-9H,(H,20,22)(H3,19,21,23)/b7-4+. The third-order valence-electron chi connectivity index (χ3n) is 2.77. The van der Waals surface area contributed by atoms with E-state index in [1.165, 1.54) is 6.08 Å². The molecule has 5 nitrogen and oxygen atoms in total. The number of carbonyl (C=O) groups is 2. The highest BCUT2D eigenvalue weighted by molar-refractivity contribution is 6.34. The number of hydrogen-bond acceptors (Lipinski definition) is 2. The summed E-state index contributed by atoms with van der Waals surface area (Å²) in [6, 6.07) is 10.9. The fourth-order valence-electron chi connectivity index (χ4n) is 1.81. The number of anilines is 2. The van der Waals surface area contributed by atoms with E-state index in [0.29, 0.717) is 27.0 Å². The monoisotopic (exact) mass is 349 g/mol. The second-order valence-corrected chi connectivity index (χ2v) is 5.40. The van der Waals surface area contributed by atoms with Crippen LogP contribution in [-0.2, 0) is 4.79 Å². The molecule has 0 atom stereocenters.